The number of ether oxygens (including phenoxy) is 1. The highest BCUT2D eigenvalue weighted by Gasteiger charge is 2.01. The molecule has 0 heterocycles. The van der Waals surface area contributed by atoms with Gasteiger partial charge in [-0.1, -0.05) is 32.6 Å². The second-order valence-corrected chi connectivity index (χ2v) is 4.69. The first-order chi connectivity index (χ1) is 7.74. The topological polar surface area (TPSA) is 9.23 Å². The lowest BCUT2D eigenvalue weighted by Crippen LogP contribution is -1.98. The van der Waals surface area contributed by atoms with Gasteiger partial charge in [-0.25, -0.2) is 4.39 Å². The van der Waals surface area contributed by atoms with Gasteiger partial charge in [0.25, 0.3) is 0 Å². The smallest absolute Gasteiger partial charge is 0.133 e. The number of hydrogen-bond acceptors (Lipinski definition) is 1. The first-order valence-electron chi connectivity index (χ1n) is 5.82. The van der Waals surface area contributed by atoms with Crippen LogP contribution in [0.4, 0.5) is 4.39 Å². The molecular formula is C13H18BrFO. The molecule has 0 aliphatic carbocycles. The fourth-order valence-electron chi connectivity index (χ4n) is 1.48. The van der Waals surface area contributed by atoms with Gasteiger partial charge in [0.15, 0.2) is 0 Å². The van der Waals surface area contributed by atoms with E-state index in [2.05, 4.69) is 22.9 Å². The summed E-state index contributed by atoms with van der Waals surface area (Å²) in [6.07, 6.45) is 6.07. The Balaban J connectivity index is 2.21. The van der Waals surface area contributed by atoms with E-state index in [1.54, 1.807) is 6.07 Å². The number of benzene rings is 1. The molecule has 16 heavy (non-hydrogen) atoms. The van der Waals surface area contributed by atoms with E-state index >= 15 is 0 Å². The molecule has 0 atom stereocenters. The van der Waals surface area contributed by atoms with E-state index < -0.39 is 0 Å². The molecule has 0 bridgehead atoms. The SMILES string of the molecule is CCCCCCCOc1ccc(F)cc1Br. The zero-order chi connectivity index (χ0) is 11.8. The summed E-state index contributed by atoms with van der Waals surface area (Å²) in [5, 5.41) is 0. The Morgan fingerprint density at radius 2 is 1.94 bits per heavy atom. The van der Waals surface area contributed by atoms with Crippen LogP contribution in [0.2, 0.25) is 0 Å². The van der Waals surface area contributed by atoms with Crippen molar-refractivity contribution >= 4 is 15.9 Å². The van der Waals surface area contributed by atoms with Gasteiger partial charge in [0.05, 0.1) is 11.1 Å². The van der Waals surface area contributed by atoms with E-state index in [1.165, 1.54) is 37.8 Å². The zero-order valence-corrected chi connectivity index (χ0v) is 11.2. The fraction of sp³-hybridized carbons (Fsp3) is 0.538. The molecule has 0 spiro atoms. The van der Waals surface area contributed by atoms with E-state index in [0.29, 0.717) is 11.1 Å². The van der Waals surface area contributed by atoms with Gasteiger partial charge >= 0.3 is 0 Å². The highest BCUT2D eigenvalue weighted by atomic mass is 79.9. The fourth-order valence-corrected chi connectivity index (χ4v) is 1.95. The molecule has 0 amide bonds. The second-order valence-electron chi connectivity index (χ2n) is 3.84. The minimum Gasteiger partial charge on any atom is -0.492 e. The molecule has 0 saturated carbocycles. The van der Waals surface area contributed by atoms with Crippen LogP contribution in [0.1, 0.15) is 39.0 Å². The molecule has 1 aromatic carbocycles. The Kier molecular flexibility index (Phi) is 6.46. The number of rotatable bonds is 7. The van der Waals surface area contributed by atoms with Crippen molar-refractivity contribution in [3.63, 3.8) is 0 Å². The highest BCUT2D eigenvalue weighted by molar-refractivity contribution is 9.10. The van der Waals surface area contributed by atoms with Crippen LogP contribution in [0.25, 0.3) is 0 Å². The minimum absolute atomic E-state index is 0.248. The van der Waals surface area contributed by atoms with Crippen molar-refractivity contribution in [2.75, 3.05) is 6.61 Å². The largest absolute Gasteiger partial charge is 0.492 e. The summed E-state index contributed by atoms with van der Waals surface area (Å²) < 4.78 is 19.0. The maximum absolute atomic E-state index is 12.8. The van der Waals surface area contributed by atoms with Crippen LogP contribution in [0.5, 0.6) is 5.75 Å². The zero-order valence-electron chi connectivity index (χ0n) is 9.64. The van der Waals surface area contributed by atoms with Crippen molar-refractivity contribution in [2.24, 2.45) is 0 Å². The lowest BCUT2D eigenvalue weighted by atomic mass is 10.2. The summed E-state index contributed by atoms with van der Waals surface area (Å²) in [5.74, 6) is 0.471. The average Bonchev–Trinajstić information content (AvgIpc) is 2.26. The Bertz CT molecular complexity index is 315. The molecule has 0 saturated heterocycles. The average molecular weight is 289 g/mol. The lowest BCUT2D eigenvalue weighted by Gasteiger charge is -2.07. The summed E-state index contributed by atoms with van der Waals surface area (Å²) in [6, 6.07) is 4.50. The van der Waals surface area contributed by atoms with Gasteiger partial charge in [0.1, 0.15) is 11.6 Å². The Hall–Kier alpha value is -0.570. The number of unbranched alkanes of at least 4 members (excludes halogenated alkanes) is 4. The van der Waals surface area contributed by atoms with E-state index in [1.807, 2.05) is 0 Å². The van der Waals surface area contributed by atoms with Crippen molar-refractivity contribution in [3.05, 3.63) is 28.5 Å². The first kappa shape index (κ1) is 13.5. The maximum Gasteiger partial charge on any atom is 0.133 e. The van der Waals surface area contributed by atoms with E-state index in [-0.39, 0.29) is 5.82 Å². The predicted molar refractivity (Wildman–Crippen MR) is 68.4 cm³/mol. The quantitative estimate of drug-likeness (QED) is 0.646. The molecule has 3 heteroatoms. The van der Waals surface area contributed by atoms with E-state index in [4.69, 9.17) is 4.74 Å². The van der Waals surface area contributed by atoms with Gasteiger partial charge in [-0.15, -0.1) is 0 Å². The van der Waals surface area contributed by atoms with Crippen molar-refractivity contribution in [2.45, 2.75) is 39.0 Å². The Labute approximate surface area is 105 Å². The standard InChI is InChI=1S/C13H18BrFO/c1-2-3-4-5-6-9-16-13-8-7-11(15)10-12(13)14/h7-8,10H,2-6,9H2,1H3. The molecule has 0 N–H and O–H groups in total. The highest BCUT2D eigenvalue weighted by Crippen LogP contribution is 2.25. The van der Waals surface area contributed by atoms with Crippen molar-refractivity contribution in [3.8, 4) is 5.75 Å². The monoisotopic (exact) mass is 288 g/mol. The summed E-state index contributed by atoms with van der Waals surface area (Å²) in [5.41, 5.74) is 0. The van der Waals surface area contributed by atoms with Crippen molar-refractivity contribution in [1.82, 2.24) is 0 Å². The summed E-state index contributed by atoms with van der Waals surface area (Å²) in [6.45, 7) is 2.90. The third kappa shape index (κ3) is 4.97. The van der Waals surface area contributed by atoms with Gasteiger partial charge in [-0.3, -0.25) is 0 Å². The maximum atomic E-state index is 12.8. The van der Waals surface area contributed by atoms with Crippen LogP contribution in [-0.4, -0.2) is 6.61 Å². The number of hydrogen-bond donors (Lipinski definition) is 0. The summed E-state index contributed by atoms with van der Waals surface area (Å²) in [4.78, 5) is 0. The molecule has 0 aliphatic rings. The Morgan fingerprint density at radius 1 is 1.19 bits per heavy atom. The van der Waals surface area contributed by atoms with Crippen molar-refractivity contribution < 1.29 is 9.13 Å². The normalized spacial score (nSPS) is 10.4. The van der Waals surface area contributed by atoms with Crippen molar-refractivity contribution in [1.29, 1.82) is 0 Å². The van der Waals surface area contributed by atoms with Gasteiger partial charge in [-0.2, -0.15) is 0 Å². The summed E-state index contributed by atoms with van der Waals surface area (Å²) in [7, 11) is 0. The predicted octanol–water partition coefficient (Wildman–Crippen LogP) is 4.94. The van der Waals surface area contributed by atoms with E-state index in [9.17, 15) is 4.39 Å². The minimum atomic E-state index is -0.248. The molecule has 1 aromatic rings. The van der Waals surface area contributed by atoms with Gasteiger partial charge in [0.2, 0.25) is 0 Å². The molecule has 90 valence electrons. The molecule has 0 fully saturated rings. The molecular weight excluding hydrogens is 271 g/mol. The molecule has 1 nitrogen and oxygen atoms in total. The molecule has 0 aromatic heterocycles. The number of halogens is 2. The van der Waals surface area contributed by atoms with Crippen LogP contribution in [0.15, 0.2) is 22.7 Å². The second kappa shape index (κ2) is 7.66. The third-order valence-corrected chi connectivity index (χ3v) is 3.02. The molecule has 0 unspecified atom stereocenters. The first-order valence-corrected chi connectivity index (χ1v) is 6.61. The van der Waals surface area contributed by atoms with E-state index in [0.717, 1.165) is 12.2 Å². The molecule has 0 aliphatic heterocycles. The lowest BCUT2D eigenvalue weighted by molar-refractivity contribution is 0.302. The van der Waals surface area contributed by atoms with Gasteiger partial charge in [-0.05, 0) is 40.5 Å². The van der Waals surface area contributed by atoms with Crippen LogP contribution in [-0.2, 0) is 0 Å². The van der Waals surface area contributed by atoms with Gasteiger partial charge in [0, 0.05) is 0 Å². The summed E-state index contributed by atoms with van der Waals surface area (Å²) >= 11 is 3.28. The van der Waals surface area contributed by atoms with Crippen LogP contribution < -0.4 is 4.74 Å². The third-order valence-electron chi connectivity index (χ3n) is 2.40. The van der Waals surface area contributed by atoms with Crippen LogP contribution >= 0.6 is 15.9 Å². The molecule has 1 rings (SSSR count). The Morgan fingerprint density at radius 3 is 2.62 bits per heavy atom. The van der Waals surface area contributed by atoms with Crippen LogP contribution in [0.3, 0.4) is 0 Å². The molecule has 0 radical (unpaired) electrons. The van der Waals surface area contributed by atoms with Gasteiger partial charge < -0.3 is 4.74 Å². The van der Waals surface area contributed by atoms with Crippen LogP contribution in [0, 0.1) is 5.82 Å².